The number of amides is 1. The Bertz CT molecular complexity index is 895. The van der Waals surface area contributed by atoms with E-state index < -0.39 is 11.9 Å². The molecule has 2 heterocycles. The minimum absolute atomic E-state index is 0.263. The minimum Gasteiger partial charge on any atom is -0.462 e. The number of benzene rings is 1. The van der Waals surface area contributed by atoms with Gasteiger partial charge in [0, 0.05) is 12.7 Å². The lowest BCUT2D eigenvalue weighted by Gasteiger charge is -2.28. The average Bonchev–Trinajstić information content (AvgIpc) is 3.13. The highest BCUT2D eigenvalue weighted by Crippen LogP contribution is 2.24. The number of nitrogens with zero attached hydrogens (tertiary/aromatic N) is 3. The summed E-state index contributed by atoms with van der Waals surface area (Å²) in [6, 6.07) is 10.9. The molecular formula is C18H17N3O3S. The molecule has 0 bridgehead atoms. The van der Waals surface area contributed by atoms with Crippen LogP contribution in [-0.4, -0.2) is 33.9 Å². The van der Waals surface area contributed by atoms with Crippen molar-refractivity contribution >= 4 is 33.4 Å². The second kappa shape index (κ2) is 7.40. The number of rotatable bonds is 4. The summed E-state index contributed by atoms with van der Waals surface area (Å²) in [5.41, 5.74) is 4.24. The number of aromatic nitrogens is 2. The Morgan fingerprint density at radius 3 is 2.80 bits per heavy atom. The van der Waals surface area contributed by atoms with Gasteiger partial charge in [-0.05, 0) is 36.8 Å². The Morgan fingerprint density at radius 2 is 2.08 bits per heavy atom. The molecular weight excluding hydrogens is 338 g/mol. The third-order valence-electron chi connectivity index (χ3n) is 3.95. The molecule has 0 aliphatic heterocycles. The first-order chi connectivity index (χ1) is 12.1. The number of carbonyl (C=O) groups is 2. The van der Waals surface area contributed by atoms with Gasteiger partial charge in [0.25, 0.3) is 0 Å². The van der Waals surface area contributed by atoms with Crippen LogP contribution in [-0.2, 0) is 20.9 Å². The van der Waals surface area contributed by atoms with Crippen LogP contribution in [0.5, 0.6) is 0 Å². The second-order valence-electron chi connectivity index (χ2n) is 5.51. The molecule has 0 aliphatic carbocycles. The van der Waals surface area contributed by atoms with Crippen LogP contribution in [0.2, 0.25) is 0 Å². The van der Waals surface area contributed by atoms with Crippen molar-refractivity contribution in [2.45, 2.75) is 19.5 Å². The highest BCUT2D eigenvalue weighted by atomic mass is 32.1. The minimum atomic E-state index is -0.891. The lowest BCUT2D eigenvalue weighted by atomic mass is 10.1. The highest BCUT2D eigenvalue weighted by molar-refractivity contribution is 7.16. The quantitative estimate of drug-likeness (QED) is 0.531. The summed E-state index contributed by atoms with van der Waals surface area (Å²) in [4.78, 5) is 34.4. The van der Waals surface area contributed by atoms with E-state index in [2.05, 4.69) is 14.7 Å². The third-order valence-corrected chi connectivity index (χ3v) is 4.76. The zero-order valence-electron chi connectivity index (χ0n) is 13.9. The SMILES string of the molecule is COC(=O)C(=O)N(Cc1ccc2scnc2c1)[C@@H](C)c1ccccn1. The largest absolute Gasteiger partial charge is 0.462 e. The smallest absolute Gasteiger partial charge is 0.396 e. The van der Waals surface area contributed by atoms with Gasteiger partial charge in [-0.25, -0.2) is 9.78 Å². The molecule has 3 rings (SSSR count). The number of esters is 1. The van der Waals surface area contributed by atoms with Crippen molar-refractivity contribution in [1.82, 2.24) is 14.9 Å². The Morgan fingerprint density at radius 1 is 1.24 bits per heavy atom. The lowest BCUT2D eigenvalue weighted by molar-refractivity contribution is -0.159. The monoisotopic (exact) mass is 355 g/mol. The summed E-state index contributed by atoms with van der Waals surface area (Å²) in [5, 5.41) is 0. The van der Waals surface area contributed by atoms with Gasteiger partial charge >= 0.3 is 11.9 Å². The Kier molecular flexibility index (Phi) is 5.04. The molecule has 6 nitrogen and oxygen atoms in total. The number of methoxy groups -OCH3 is 1. The first kappa shape index (κ1) is 17.0. The fraction of sp³-hybridized carbons (Fsp3) is 0.222. The number of hydrogen-bond donors (Lipinski definition) is 0. The summed E-state index contributed by atoms with van der Waals surface area (Å²) in [5.74, 6) is -1.59. The molecule has 0 unspecified atom stereocenters. The molecule has 0 fully saturated rings. The standard InChI is InChI=1S/C18H17N3O3S/c1-12(14-5-3-4-8-19-14)21(17(22)18(23)24-2)10-13-6-7-16-15(9-13)20-11-25-16/h3-9,11-12H,10H2,1-2H3/t12-/m0/s1. The first-order valence-electron chi connectivity index (χ1n) is 7.72. The molecule has 2 aromatic heterocycles. The molecule has 7 heteroatoms. The maximum absolute atomic E-state index is 12.5. The predicted octanol–water partition coefficient (Wildman–Crippen LogP) is 2.95. The van der Waals surface area contributed by atoms with Gasteiger partial charge in [0.1, 0.15) is 0 Å². The first-order valence-corrected chi connectivity index (χ1v) is 8.60. The molecule has 0 radical (unpaired) electrons. The fourth-order valence-corrected chi connectivity index (χ4v) is 3.23. The molecule has 0 spiro atoms. The number of hydrogen-bond acceptors (Lipinski definition) is 6. The molecule has 0 saturated carbocycles. The van der Waals surface area contributed by atoms with Crippen LogP contribution in [0.15, 0.2) is 48.1 Å². The van der Waals surface area contributed by atoms with Crippen LogP contribution in [0.4, 0.5) is 0 Å². The van der Waals surface area contributed by atoms with Crippen LogP contribution in [0.1, 0.15) is 24.2 Å². The lowest BCUT2D eigenvalue weighted by Crippen LogP contribution is -2.38. The number of carbonyl (C=O) groups excluding carboxylic acids is 2. The summed E-state index contributed by atoms with van der Waals surface area (Å²) in [7, 11) is 1.20. The molecule has 0 saturated heterocycles. The number of pyridine rings is 1. The molecule has 1 atom stereocenters. The normalized spacial score (nSPS) is 11.9. The summed E-state index contributed by atoms with van der Waals surface area (Å²) in [6.07, 6.45) is 1.66. The van der Waals surface area contributed by atoms with E-state index in [4.69, 9.17) is 0 Å². The predicted molar refractivity (Wildman–Crippen MR) is 94.8 cm³/mol. The van der Waals surface area contributed by atoms with E-state index in [1.165, 1.54) is 12.0 Å². The Balaban J connectivity index is 1.92. The number of fused-ring (bicyclic) bond motifs is 1. The maximum Gasteiger partial charge on any atom is 0.396 e. The van der Waals surface area contributed by atoms with Gasteiger partial charge < -0.3 is 9.64 Å². The molecule has 25 heavy (non-hydrogen) atoms. The van der Waals surface area contributed by atoms with Gasteiger partial charge in [0.2, 0.25) is 0 Å². The van der Waals surface area contributed by atoms with E-state index >= 15 is 0 Å². The summed E-state index contributed by atoms with van der Waals surface area (Å²) in [6.45, 7) is 2.10. The zero-order chi connectivity index (χ0) is 17.8. The second-order valence-corrected chi connectivity index (χ2v) is 6.40. The maximum atomic E-state index is 12.5. The number of ether oxygens (including phenoxy) is 1. The average molecular weight is 355 g/mol. The number of thiazole rings is 1. The van der Waals surface area contributed by atoms with E-state index in [1.807, 2.05) is 37.3 Å². The Hall–Kier alpha value is -2.80. The van der Waals surface area contributed by atoms with Crippen LogP contribution < -0.4 is 0 Å². The zero-order valence-corrected chi connectivity index (χ0v) is 14.7. The van der Waals surface area contributed by atoms with Crippen LogP contribution in [0.25, 0.3) is 10.2 Å². The van der Waals surface area contributed by atoms with Crippen molar-refractivity contribution in [3.8, 4) is 0 Å². The van der Waals surface area contributed by atoms with Crippen LogP contribution in [0.3, 0.4) is 0 Å². The van der Waals surface area contributed by atoms with Crippen molar-refractivity contribution in [3.05, 3.63) is 59.4 Å². The van der Waals surface area contributed by atoms with Crippen LogP contribution in [0, 0.1) is 0 Å². The highest BCUT2D eigenvalue weighted by Gasteiger charge is 2.28. The van der Waals surface area contributed by atoms with E-state index in [0.717, 1.165) is 15.8 Å². The van der Waals surface area contributed by atoms with Crippen molar-refractivity contribution in [1.29, 1.82) is 0 Å². The summed E-state index contributed by atoms with van der Waals surface area (Å²) >= 11 is 1.56. The van der Waals surface area contributed by atoms with E-state index in [1.54, 1.807) is 29.1 Å². The van der Waals surface area contributed by atoms with Gasteiger partial charge in [-0.2, -0.15) is 0 Å². The molecule has 0 N–H and O–H groups in total. The van der Waals surface area contributed by atoms with E-state index in [-0.39, 0.29) is 12.6 Å². The van der Waals surface area contributed by atoms with Crippen molar-refractivity contribution in [2.75, 3.05) is 7.11 Å². The van der Waals surface area contributed by atoms with E-state index in [0.29, 0.717) is 5.69 Å². The van der Waals surface area contributed by atoms with Crippen LogP contribution >= 0.6 is 11.3 Å². The molecule has 1 aromatic carbocycles. The Labute approximate surface area is 149 Å². The van der Waals surface area contributed by atoms with Gasteiger partial charge in [-0.3, -0.25) is 9.78 Å². The van der Waals surface area contributed by atoms with E-state index in [9.17, 15) is 9.59 Å². The van der Waals surface area contributed by atoms with Crippen molar-refractivity contribution in [2.24, 2.45) is 0 Å². The fourth-order valence-electron chi connectivity index (χ4n) is 2.57. The van der Waals surface area contributed by atoms with Crippen molar-refractivity contribution in [3.63, 3.8) is 0 Å². The molecule has 1 amide bonds. The molecule has 128 valence electrons. The van der Waals surface area contributed by atoms with Gasteiger partial charge in [-0.1, -0.05) is 12.1 Å². The topological polar surface area (TPSA) is 72.4 Å². The summed E-state index contributed by atoms with van der Waals surface area (Å²) < 4.78 is 5.69. The van der Waals surface area contributed by atoms with Gasteiger partial charge in [0.05, 0.1) is 34.6 Å². The third kappa shape index (κ3) is 3.66. The van der Waals surface area contributed by atoms with Gasteiger partial charge in [-0.15, -0.1) is 11.3 Å². The van der Waals surface area contributed by atoms with Crippen molar-refractivity contribution < 1.29 is 14.3 Å². The van der Waals surface area contributed by atoms with Gasteiger partial charge in [0.15, 0.2) is 0 Å². The molecule has 0 aliphatic rings. The molecule has 3 aromatic rings.